The number of carbonyl (C=O) groups excluding carboxylic acids is 2. The van der Waals surface area contributed by atoms with Crippen molar-refractivity contribution in [1.29, 1.82) is 0 Å². The molecule has 1 N–H and O–H groups in total. The molecule has 1 heterocycles. The van der Waals surface area contributed by atoms with Gasteiger partial charge in [0.05, 0.1) is 11.4 Å². The fourth-order valence-corrected chi connectivity index (χ4v) is 1.56. The van der Waals surface area contributed by atoms with Crippen molar-refractivity contribution in [2.45, 2.75) is 20.8 Å². The summed E-state index contributed by atoms with van der Waals surface area (Å²) < 4.78 is 0. The van der Waals surface area contributed by atoms with Crippen LogP contribution in [0.1, 0.15) is 30.4 Å². The summed E-state index contributed by atoms with van der Waals surface area (Å²) in [6, 6.07) is 3.55. The maximum atomic E-state index is 11.5. The van der Waals surface area contributed by atoms with E-state index in [4.69, 9.17) is 0 Å². The molecule has 0 radical (unpaired) electrons. The molecule has 82 valence electrons. The summed E-state index contributed by atoms with van der Waals surface area (Å²) in [5.41, 5.74) is -0.400. The van der Waals surface area contributed by atoms with E-state index in [-0.39, 0.29) is 18.2 Å². The van der Waals surface area contributed by atoms with Gasteiger partial charge in [-0.25, -0.2) is 0 Å². The van der Waals surface area contributed by atoms with Gasteiger partial charge in [0.15, 0.2) is 5.78 Å². The van der Waals surface area contributed by atoms with Crippen molar-refractivity contribution in [3.63, 3.8) is 0 Å². The Hall–Kier alpha value is -1.16. The number of thiophene rings is 1. The molecule has 1 amide bonds. The van der Waals surface area contributed by atoms with Gasteiger partial charge in [-0.15, -0.1) is 11.3 Å². The van der Waals surface area contributed by atoms with Crippen molar-refractivity contribution in [3.8, 4) is 0 Å². The van der Waals surface area contributed by atoms with Gasteiger partial charge in [-0.3, -0.25) is 9.59 Å². The quantitative estimate of drug-likeness (QED) is 0.856. The molecule has 0 saturated carbocycles. The zero-order chi connectivity index (χ0) is 11.5. The molecule has 0 aliphatic rings. The minimum Gasteiger partial charge on any atom is -0.344 e. The molecular formula is C11H15NO2S. The molecular weight excluding hydrogens is 210 g/mol. The summed E-state index contributed by atoms with van der Waals surface area (Å²) in [5.74, 6) is -0.144. The molecule has 0 aromatic carbocycles. The summed E-state index contributed by atoms with van der Waals surface area (Å²) in [6.07, 6.45) is 0. The van der Waals surface area contributed by atoms with Gasteiger partial charge in [0.25, 0.3) is 5.91 Å². The molecule has 1 rings (SSSR count). The van der Waals surface area contributed by atoms with E-state index < -0.39 is 5.41 Å². The maximum Gasteiger partial charge on any atom is 0.261 e. The second-order valence-electron chi connectivity index (χ2n) is 4.33. The van der Waals surface area contributed by atoms with Crippen LogP contribution in [-0.4, -0.2) is 18.2 Å². The highest BCUT2D eigenvalue weighted by atomic mass is 32.1. The van der Waals surface area contributed by atoms with Crippen LogP contribution in [0, 0.1) is 5.41 Å². The lowest BCUT2D eigenvalue weighted by Crippen LogP contribution is -2.35. The third kappa shape index (κ3) is 3.47. The topological polar surface area (TPSA) is 46.2 Å². The minimum absolute atomic E-state index is 0.0346. The third-order valence-corrected chi connectivity index (χ3v) is 2.86. The average Bonchev–Trinajstić information content (AvgIpc) is 2.64. The fraction of sp³-hybridized carbons (Fsp3) is 0.455. The number of nitrogens with one attached hydrogen (secondary N) is 1. The highest BCUT2D eigenvalue weighted by molar-refractivity contribution is 7.12. The van der Waals surface area contributed by atoms with E-state index in [9.17, 15) is 9.59 Å². The zero-order valence-corrected chi connectivity index (χ0v) is 9.98. The van der Waals surface area contributed by atoms with Gasteiger partial charge in [-0.2, -0.15) is 0 Å². The SMILES string of the molecule is CC(C)(C)C(=O)CNC(=O)c1cccs1. The monoisotopic (exact) mass is 225 g/mol. The van der Waals surface area contributed by atoms with Crippen molar-refractivity contribution in [2.24, 2.45) is 5.41 Å². The highest BCUT2D eigenvalue weighted by Gasteiger charge is 2.21. The lowest BCUT2D eigenvalue weighted by atomic mass is 9.91. The maximum absolute atomic E-state index is 11.5. The van der Waals surface area contributed by atoms with Crippen LogP contribution < -0.4 is 5.32 Å². The van der Waals surface area contributed by atoms with Crippen molar-refractivity contribution in [3.05, 3.63) is 22.4 Å². The number of ketones is 1. The lowest BCUT2D eigenvalue weighted by Gasteiger charge is -2.16. The molecule has 0 spiro atoms. The molecule has 0 atom stereocenters. The molecule has 0 bridgehead atoms. The first-order chi connectivity index (χ1) is 6.91. The lowest BCUT2D eigenvalue weighted by molar-refractivity contribution is -0.125. The number of rotatable bonds is 3. The van der Waals surface area contributed by atoms with E-state index in [1.807, 2.05) is 32.2 Å². The van der Waals surface area contributed by atoms with Crippen LogP contribution in [0.5, 0.6) is 0 Å². The Balaban J connectivity index is 2.45. The largest absolute Gasteiger partial charge is 0.344 e. The van der Waals surface area contributed by atoms with Crippen LogP contribution in [0.3, 0.4) is 0 Å². The second kappa shape index (κ2) is 4.57. The van der Waals surface area contributed by atoms with Gasteiger partial charge < -0.3 is 5.32 Å². The van der Waals surface area contributed by atoms with Crippen LogP contribution in [0.25, 0.3) is 0 Å². The number of carbonyl (C=O) groups is 2. The molecule has 1 aromatic heterocycles. The Bertz CT molecular complexity index is 349. The van der Waals surface area contributed by atoms with E-state index in [0.29, 0.717) is 4.88 Å². The van der Waals surface area contributed by atoms with Crippen molar-refractivity contribution in [2.75, 3.05) is 6.54 Å². The Morgan fingerprint density at radius 3 is 2.53 bits per heavy atom. The fourth-order valence-electron chi connectivity index (χ4n) is 0.921. The van der Waals surface area contributed by atoms with Crippen LogP contribution in [0.15, 0.2) is 17.5 Å². The van der Waals surface area contributed by atoms with E-state index in [0.717, 1.165) is 0 Å². The van der Waals surface area contributed by atoms with Gasteiger partial charge in [0.1, 0.15) is 0 Å². The van der Waals surface area contributed by atoms with Gasteiger partial charge >= 0.3 is 0 Å². The normalized spacial score (nSPS) is 11.1. The Morgan fingerprint density at radius 1 is 1.40 bits per heavy atom. The molecule has 0 aliphatic carbocycles. The summed E-state index contributed by atoms with van der Waals surface area (Å²) in [5, 5.41) is 4.45. The van der Waals surface area contributed by atoms with Crippen molar-refractivity contribution < 1.29 is 9.59 Å². The number of hydrogen-bond acceptors (Lipinski definition) is 3. The molecule has 0 fully saturated rings. The Morgan fingerprint density at radius 2 is 2.07 bits per heavy atom. The van der Waals surface area contributed by atoms with Gasteiger partial charge in [-0.1, -0.05) is 26.8 Å². The Kier molecular flexibility index (Phi) is 3.63. The van der Waals surface area contributed by atoms with Crippen LogP contribution in [0.4, 0.5) is 0 Å². The molecule has 3 nitrogen and oxygen atoms in total. The van der Waals surface area contributed by atoms with Crippen molar-refractivity contribution >= 4 is 23.0 Å². The van der Waals surface area contributed by atoms with Crippen LogP contribution in [-0.2, 0) is 4.79 Å². The summed E-state index contributed by atoms with van der Waals surface area (Å²) in [6.45, 7) is 5.62. The summed E-state index contributed by atoms with van der Waals surface area (Å²) >= 11 is 1.37. The number of amides is 1. The second-order valence-corrected chi connectivity index (χ2v) is 5.28. The number of hydrogen-bond donors (Lipinski definition) is 1. The number of Topliss-reactive ketones (excluding diaryl/α,β-unsaturated/α-hetero) is 1. The standard InChI is InChI=1S/C11H15NO2S/c1-11(2,3)9(13)7-12-10(14)8-5-4-6-15-8/h4-6H,7H2,1-3H3,(H,12,14). The molecule has 1 aromatic rings. The van der Waals surface area contributed by atoms with Crippen molar-refractivity contribution in [1.82, 2.24) is 5.32 Å². The van der Waals surface area contributed by atoms with Gasteiger partial charge in [-0.05, 0) is 11.4 Å². The first-order valence-corrected chi connectivity index (χ1v) is 5.64. The third-order valence-electron chi connectivity index (χ3n) is 1.99. The molecule has 0 aliphatic heterocycles. The van der Waals surface area contributed by atoms with Gasteiger partial charge in [0.2, 0.25) is 0 Å². The minimum atomic E-state index is -0.400. The first-order valence-electron chi connectivity index (χ1n) is 4.76. The highest BCUT2D eigenvalue weighted by Crippen LogP contribution is 2.14. The average molecular weight is 225 g/mol. The summed E-state index contributed by atoms with van der Waals surface area (Å²) in [7, 11) is 0. The van der Waals surface area contributed by atoms with E-state index in [1.54, 1.807) is 6.07 Å². The van der Waals surface area contributed by atoms with E-state index >= 15 is 0 Å². The van der Waals surface area contributed by atoms with Gasteiger partial charge in [0, 0.05) is 5.41 Å². The Labute approximate surface area is 93.5 Å². The molecule has 4 heteroatoms. The van der Waals surface area contributed by atoms with Crippen LogP contribution in [0.2, 0.25) is 0 Å². The smallest absolute Gasteiger partial charge is 0.261 e. The zero-order valence-electron chi connectivity index (χ0n) is 9.16. The van der Waals surface area contributed by atoms with Crippen LogP contribution >= 0.6 is 11.3 Å². The van der Waals surface area contributed by atoms with E-state index in [1.165, 1.54) is 11.3 Å². The predicted molar refractivity (Wildman–Crippen MR) is 61.1 cm³/mol. The molecule has 15 heavy (non-hydrogen) atoms. The predicted octanol–water partition coefficient (Wildman–Crippen LogP) is 2.09. The van der Waals surface area contributed by atoms with E-state index in [2.05, 4.69) is 5.32 Å². The summed E-state index contributed by atoms with van der Waals surface area (Å²) in [4.78, 5) is 23.6. The molecule has 0 saturated heterocycles. The molecule has 0 unspecified atom stereocenters. The first kappa shape index (κ1) is 11.9.